The highest BCUT2D eigenvalue weighted by molar-refractivity contribution is 5.88. The number of hydrogen-bond acceptors (Lipinski definition) is 5. The van der Waals surface area contributed by atoms with Crippen molar-refractivity contribution in [2.75, 3.05) is 0 Å². The first-order valence-electron chi connectivity index (χ1n) is 9.13. The van der Waals surface area contributed by atoms with Crippen LogP contribution in [0.5, 0.6) is 0 Å². The van der Waals surface area contributed by atoms with Crippen molar-refractivity contribution in [1.29, 1.82) is 5.26 Å². The molecule has 0 aliphatic heterocycles. The molecule has 0 aliphatic rings. The number of nitriles is 1. The number of nitro groups is 1. The maximum atomic E-state index is 12.3. The Bertz CT molecular complexity index is 1160. The lowest BCUT2D eigenvalue weighted by atomic mass is 10.0. The van der Waals surface area contributed by atoms with Gasteiger partial charge in [0.1, 0.15) is 0 Å². The Morgan fingerprint density at radius 2 is 1.93 bits per heavy atom. The molecule has 8 nitrogen and oxygen atoms in total. The molecular weight excluding hydrogens is 382 g/mol. The molecule has 1 aromatic heterocycles. The van der Waals surface area contributed by atoms with Gasteiger partial charge in [-0.25, -0.2) is 5.43 Å². The van der Waals surface area contributed by atoms with Gasteiger partial charge in [-0.2, -0.15) is 10.4 Å². The van der Waals surface area contributed by atoms with Gasteiger partial charge in [-0.05, 0) is 31.5 Å². The first-order valence-corrected chi connectivity index (χ1v) is 9.13. The van der Waals surface area contributed by atoms with Crippen molar-refractivity contribution in [2.45, 2.75) is 19.8 Å². The van der Waals surface area contributed by atoms with Crippen molar-refractivity contribution in [3.63, 3.8) is 0 Å². The quantitative estimate of drug-likeness (QED) is 0.385. The fourth-order valence-corrected chi connectivity index (χ4v) is 3.22. The Labute approximate surface area is 173 Å². The summed E-state index contributed by atoms with van der Waals surface area (Å²) >= 11 is 0. The third-order valence-electron chi connectivity index (χ3n) is 4.67. The second kappa shape index (κ2) is 8.84. The summed E-state index contributed by atoms with van der Waals surface area (Å²) in [5, 5.41) is 24.4. The van der Waals surface area contributed by atoms with E-state index in [0.717, 1.165) is 17.0 Å². The van der Waals surface area contributed by atoms with Crippen LogP contribution in [0.2, 0.25) is 0 Å². The first-order chi connectivity index (χ1) is 14.4. The van der Waals surface area contributed by atoms with Crippen LogP contribution in [0, 0.1) is 35.3 Å². The second-order valence-corrected chi connectivity index (χ2v) is 6.65. The van der Waals surface area contributed by atoms with E-state index in [1.54, 1.807) is 36.4 Å². The fraction of sp³-hybridized carbons (Fsp3) is 0.136. The molecule has 2 aromatic carbocycles. The maximum absolute atomic E-state index is 12.3. The number of hydrogen-bond donors (Lipinski definition) is 1. The predicted molar refractivity (Wildman–Crippen MR) is 112 cm³/mol. The highest BCUT2D eigenvalue weighted by Gasteiger charge is 2.19. The van der Waals surface area contributed by atoms with Crippen molar-refractivity contribution in [1.82, 2.24) is 9.99 Å². The fourth-order valence-electron chi connectivity index (χ4n) is 3.22. The lowest BCUT2D eigenvalue weighted by Crippen LogP contribution is -2.24. The van der Waals surface area contributed by atoms with Crippen molar-refractivity contribution >= 4 is 17.8 Å². The Balaban J connectivity index is 1.80. The number of nitro benzene ring substituents is 1. The zero-order chi connectivity index (χ0) is 21.7. The molecule has 30 heavy (non-hydrogen) atoms. The summed E-state index contributed by atoms with van der Waals surface area (Å²) in [4.78, 5) is 23.0. The lowest BCUT2D eigenvalue weighted by Gasteiger charge is -2.09. The number of amides is 1. The summed E-state index contributed by atoms with van der Waals surface area (Å²) in [7, 11) is 0. The number of hydrazone groups is 1. The first kappa shape index (κ1) is 20.5. The second-order valence-electron chi connectivity index (χ2n) is 6.65. The van der Waals surface area contributed by atoms with E-state index < -0.39 is 16.7 Å². The number of benzene rings is 2. The van der Waals surface area contributed by atoms with E-state index in [0.29, 0.717) is 11.3 Å². The molecule has 0 radical (unpaired) electrons. The highest BCUT2D eigenvalue weighted by Crippen LogP contribution is 2.23. The zero-order valence-electron chi connectivity index (χ0n) is 16.4. The minimum absolute atomic E-state index is 0.00550. The van der Waals surface area contributed by atoms with Gasteiger partial charge in [-0.15, -0.1) is 0 Å². The molecule has 0 unspecified atom stereocenters. The molecule has 150 valence electrons. The summed E-state index contributed by atoms with van der Waals surface area (Å²) in [6, 6.07) is 19.0. The Morgan fingerprint density at radius 1 is 1.20 bits per heavy atom. The van der Waals surface area contributed by atoms with Gasteiger partial charge in [0.05, 0.1) is 22.9 Å². The van der Waals surface area contributed by atoms with Gasteiger partial charge in [0.2, 0.25) is 0 Å². The van der Waals surface area contributed by atoms with Crippen LogP contribution in [-0.2, 0) is 4.79 Å². The Hall–Kier alpha value is -4.25. The van der Waals surface area contributed by atoms with Crippen LogP contribution in [0.1, 0.15) is 28.4 Å². The molecule has 0 saturated heterocycles. The van der Waals surface area contributed by atoms with Crippen LogP contribution in [0.15, 0.2) is 65.8 Å². The molecule has 1 heterocycles. The van der Waals surface area contributed by atoms with E-state index in [-0.39, 0.29) is 5.69 Å². The summed E-state index contributed by atoms with van der Waals surface area (Å²) in [6.45, 7) is 3.74. The molecule has 0 bridgehead atoms. The van der Waals surface area contributed by atoms with Crippen LogP contribution in [0.4, 0.5) is 5.69 Å². The molecule has 0 spiro atoms. The zero-order valence-corrected chi connectivity index (χ0v) is 16.4. The molecule has 0 saturated carbocycles. The smallest absolute Gasteiger partial charge is 0.271 e. The summed E-state index contributed by atoms with van der Waals surface area (Å²) in [5.74, 6) is -1.48. The Morgan fingerprint density at radius 3 is 2.60 bits per heavy atom. The van der Waals surface area contributed by atoms with Gasteiger partial charge < -0.3 is 4.57 Å². The molecule has 0 fully saturated rings. The third-order valence-corrected chi connectivity index (χ3v) is 4.67. The van der Waals surface area contributed by atoms with Gasteiger partial charge in [-0.1, -0.05) is 36.4 Å². The van der Waals surface area contributed by atoms with E-state index in [1.165, 1.54) is 18.3 Å². The molecule has 0 aliphatic carbocycles. The van der Waals surface area contributed by atoms with Gasteiger partial charge in [0.25, 0.3) is 11.6 Å². The van der Waals surface area contributed by atoms with Gasteiger partial charge in [0.15, 0.2) is 5.92 Å². The number of rotatable bonds is 6. The number of carbonyl (C=O) groups is 1. The van der Waals surface area contributed by atoms with Crippen molar-refractivity contribution in [3.05, 3.63) is 93.3 Å². The minimum Gasteiger partial charge on any atom is -0.318 e. The Kier molecular flexibility index (Phi) is 6.03. The van der Waals surface area contributed by atoms with Crippen molar-refractivity contribution in [3.8, 4) is 11.8 Å². The number of non-ortho nitro benzene ring substituents is 1. The van der Waals surface area contributed by atoms with Gasteiger partial charge in [0, 0.05) is 29.1 Å². The molecule has 1 N–H and O–H groups in total. The maximum Gasteiger partial charge on any atom is 0.271 e. The highest BCUT2D eigenvalue weighted by atomic mass is 16.6. The average molecular weight is 401 g/mol. The van der Waals surface area contributed by atoms with Crippen LogP contribution in [0.3, 0.4) is 0 Å². The summed E-state index contributed by atoms with van der Waals surface area (Å²) in [5.41, 5.74) is 6.09. The normalized spacial score (nSPS) is 11.8. The molecule has 3 aromatic rings. The topological polar surface area (TPSA) is 113 Å². The van der Waals surface area contributed by atoms with Gasteiger partial charge in [-0.3, -0.25) is 14.9 Å². The van der Waals surface area contributed by atoms with Crippen LogP contribution in [0.25, 0.3) is 5.69 Å². The van der Waals surface area contributed by atoms with Crippen molar-refractivity contribution < 1.29 is 9.72 Å². The number of carbonyl (C=O) groups excluding carboxylic acids is 1. The molecule has 1 amide bonds. The van der Waals surface area contributed by atoms with E-state index >= 15 is 0 Å². The van der Waals surface area contributed by atoms with E-state index in [1.807, 2.05) is 36.6 Å². The van der Waals surface area contributed by atoms with Crippen LogP contribution in [-0.4, -0.2) is 21.6 Å². The SMILES string of the molecule is Cc1cc(/C=N\NC(=O)[C@H](C#N)c2ccccc2)c(C)n1-c1cccc([N+](=O)[O-])c1. The molecule has 3 rings (SSSR count). The standard InChI is InChI=1S/C22H19N5O3/c1-15-11-18(16(2)26(15)19-9-6-10-20(12-19)27(29)30)14-24-25-22(28)21(13-23)17-7-4-3-5-8-17/h3-12,14,21H,1-2H3,(H,25,28)/b24-14-/t21-/m1/s1. The molecule has 8 heteroatoms. The largest absolute Gasteiger partial charge is 0.318 e. The predicted octanol–water partition coefficient (Wildman–Crippen LogP) is 3.76. The third kappa shape index (κ3) is 4.25. The monoisotopic (exact) mass is 401 g/mol. The number of aryl methyl sites for hydroxylation is 1. The summed E-state index contributed by atoms with van der Waals surface area (Å²) < 4.78 is 1.87. The van der Waals surface area contributed by atoms with Crippen LogP contribution < -0.4 is 5.43 Å². The lowest BCUT2D eigenvalue weighted by molar-refractivity contribution is -0.384. The van der Waals surface area contributed by atoms with Crippen LogP contribution >= 0.6 is 0 Å². The molecular formula is C22H19N5O3. The number of nitrogens with zero attached hydrogens (tertiary/aromatic N) is 4. The number of nitrogens with one attached hydrogen (secondary N) is 1. The van der Waals surface area contributed by atoms with E-state index in [9.17, 15) is 20.2 Å². The molecule has 1 atom stereocenters. The van der Waals surface area contributed by atoms with Crippen molar-refractivity contribution in [2.24, 2.45) is 5.10 Å². The minimum atomic E-state index is -0.958. The van der Waals surface area contributed by atoms with E-state index in [2.05, 4.69) is 10.5 Å². The number of aromatic nitrogens is 1. The average Bonchev–Trinajstić information content (AvgIpc) is 3.02. The van der Waals surface area contributed by atoms with Gasteiger partial charge >= 0.3 is 0 Å². The van der Waals surface area contributed by atoms with E-state index in [4.69, 9.17) is 0 Å². The summed E-state index contributed by atoms with van der Waals surface area (Å²) in [6.07, 6.45) is 1.49.